The average Bonchev–Trinajstić information content (AvgIpc) is 2.68. The summed E-state index contributed by atoms with van der Waals surface area (Å²) in [5, 5.41) is 22.7. The zero-order valence-electron chi connectivity index (χ0n) is 18.8. The van der Waals surface area contributed by atoms with Gasteiger partial charge in [-0.2, -0.15) is 65.9 Å². The molecule has 0 aromatic rings. The number of rotatable bonds is 7. The minimum absolute atomic E-state index is 0. The van der Waals surface area contributed by atoms with Crippen molar-refractivity contribution in [1.82, 2.24) is 0 Å². The first-order valence-corrected chi connectivity index (χ1v) is 8.89. The molecule has 0 aromatic heterocycles. The third-order valence-corrected chi connectivity index (χ3v) is 3.10. The molecule has 21 heteroatoms. The van der Waals surface area contributed by atoms with E-state index in [0.717, 1.165) is 0 Å². The van der Waals surface area contributed by atoms with Crippen LogP contribution in [0.2, 0.25) is 0 Å². The number of aliphatic hydroxyl groups excluding tert-OH is 3. The minimum atomic E-state index is -8.58. The van der Waals surface area contributed by atoms with Gasteiger partial charge < -0.3 is 22.2 Å². The Morgan fingerprint density at radius 2 is 0.595 bits per heavy atom. The van der Waals surface area contributed by atoms with Gasteiger partial charge in [-0.15, -0.1) is 6.42 Å². The van der Waals surface area contributed by atoms with Gasteiger partial charge in [0.1, 0.15) is 0 Å². The van der Waals surface area contributed by atoms with E-state index in [4.69, 9.17) is 15.3 Å². The molecule has 0 fully saturated rings. The van der Waals surface area contributed by atoms with Gasteiger partial charge in [-0.1, -0.05) is 0 Å². The number of hydrogen-bond donors (Lipinski definition) is 3. The van der Waals surface area contributed by atoms with E-state index in [-0.39, 0.29) is 41.5 Å². The van der Waals surface area contributed by atoms with Crippen LogP contribution in [0, 0.1) is 6.92 Å². The summed E-state index contributed by atoms with van der Waals surface area (Å²) in [5.74, 6) is -55.9. The van der Waals surface area contributed by atoms with Gasteiger partial charge in [-0.3, -0.25) is 0 Å². The Hall–Kier alpha value is -0.596. The molecule has 0 spiro atoms. The molecular weight excluding hydrogens is 611 g/mol. The molecule has 0 saturated carbocycles. The topological polar surface area (TPSA) is 60.7 Å². The second-order valence-electron chi connectivity index (χ2n) is 5.85. The van der Waals surface area contributed by atoms with Crippen molar-refractivity contribution in [2.75, 3.05) is 19.8 Å². The van der Waals surface area contributed by atoms with Gasteiger partial charge in [-0.05, 0) is 20.8 Å². The third-order valence-electron chi connectivity index (χ3n) is 3.10. The molecule has 3 N–H and O–H groups in total. The molecule has 0 atom stereocenters. The van der Waals surface area contributed by atoms with E-state index in [1.807, 2.05) is 6.92 Å². The summed E-state index contributed by atoms with van der Waals surface area (Å²) in [4.78, 5) is 0. The second kappa shape index (κ2) is 15.9. The standard InChI is InChI=1S/C10H4F17.3C2H6O.Ti/c1-2-3(11,12)4(13,14)5(15,16)6(17,18)7(19,20)8(21,22)9(23,24)10(25,26)27;3*1-2-3;/h1-2H2;3*3H,2H2,1H3;/q-1;;;;. The molecular formula is C16H22F17O3Ti-. The third kappa shape index (κ3) is 9.24. The van der Waals surface area contributed by atoms with Crippen molar-refractivity contribution >= 4 is 0 Å². The molecule has 0 amide bonds. The summed E-state index contributed by atoms with van der Waals surface area (Å²) in [6.45, 7) is 7.68. The first kappa shape index (κ1) is 46.3. The smallest absolute Gasteiger partial charge is 0.397 e. The Morgan fingerprint density at radius 3 is 0.757 bits per heavy atom. The first-order valence-electron chi connectivity index (χ1n) is 8.89. The zero-order valence-corrected chi connectivity index (χ0v) is 20.4. The van der Waals surface area contributed by atoms with Gasteiger partial charge in [0, 0.05) is 41.5 Å². The van der Waals surface area contributed by atoms with Crippen LogP contribution in [-0.2, 0) is 21.7 Å². The normalized spacial score (nSPS) is 13.6. The fourth-order valence-corrected chi connectivity index (χ4v) is 1.35. The van der Waals surface area contributed by atoms with E-state index < -0.39 is 54.1 Å². The Morgan fingerprint density at radius 1 is 0.432 bits per heavy atom. The van der Waals surface area contributed by atoms with Crippen LogP contribution in [0.25, 0.3) is 0 Å². The van der Waals surface area contributed by atoms with Crippen LogP contribution < -0.4 is 0 Å². The number of aliphatic hydroxyl groups is 3. The maximum absolute atomic E-state index is 13.0. The molecule has 0 radical (unpaired) electrons. The Balaban J connectivity index is -0.000000296. The molecule has 228 valence electrons. The van der Waals surface area contributed by atoms with E-state index in [9.17, 15) is 74.6 Å². The van der Waals surface area contributed by atoms with E-state index >= 15 is 0 Å². The summed E-state index contributed by atoms with van der Waals surface area (Å²) in [7, 11) is 0. The molecule has 37 heavy (non-hydrogen) atoms. The molecule has 0 bridgehead atoms. The molecule has 0 heterocycles. The quantitative estimate of drug-likeness (QED) is 0.178. The predicted octanol–water partition coefficient (Wildman–Crippen LogP) is 6.21. The minimum Gasteiger partial charge on any atom is -0.397 e. The predicted molar refractivity (Wildman–Crippen MR) is 88.9 cm³/mol. The average molecular weight is 633 g/mol. The van der Waals surface area contributed by atoms with Gasteiger partial charge in [0.2, 0.25) is 0 Å². The van der Waals surface area contributed by atoms with Crippen molar-refractivity contribution in [3.63, 3.8) is 0 Å². The molecule has 3 nitrogen and oxygen atoms in total. The van der Waals surface area contributed by atoms with Crippen LogP contribution in [-0.4, -0.2) is 82.8 Å². The fraction of sp³-hybridized carbons (Fsp3) is 0.938. The Kier molecular flexibility index (Phi) is 19.8. The summed E-state index contributed by atoms with van der Waals surface area (Å²) < 4.78 is 215. The van der Waals surface area contributed by atoms with Gasteiger partial charge >= 0.3 is 41.7 Å². The van der Waals surface area contributed by atoms with E-state index in [1.54, 1.807) is 20.8 Å². The van der Waals surface area contributed by atoms with Crippen molar-refractivity contribution in [2.24, 2.45) is 0 Å². The monoisotopic (exact) mass is 633 g/mol. The van der Waals surface area contributed by atoms with E-state index in [0.29, 0.717) is 0 Å². The molecule has 0 rings (SSSR count). The van der Waals surface area contributed by atoms with Crippen molar-refractivity contribution in [2.45, 2.75) is 74.8 Å². The molecule has 0 aromatic carbocycles. The Bertz CT molecular complexity index is 605. The van der Waals surface area contributed by atoms with Crippen LogP contribution >= 0.6 is 0 Å². The van der Waals surface area contributed by atoms with E-state index in [1.165, 1.54) is 0 Å². The molecule has 0 aliphatic carbocycles. The summed E-state index contributed by atoms with van der Waals surface area (Å²) in [6.07, 6.45) is -10.4. The van der Waals surface area contributed by atoms with Gasteiger partial charge in [-0.25, -0.2) is 8.78 Å². The van der Waals surface area contributed by atoms with Gasteiger partial charge in [0.15, 0.2) is 0 Å². The Labute approximate surface area is 213 Å². The maximum Gasteiger partial charge on any atom is 0.460 e. The molecule has 0 aliphatic rings. The van der Waals surface area contributed by atoms with E-state index in [2.05, 4.69) is 0 Å². The SMILES string of the molecule is CCO.CCO.CCO.[CH2-]CC(F)(F)C(F)(F)C(F)(F)C(F)(F)C(F)(F)C(F)(F)C(F)(F)C(F)(F)F.[Ti]. The van der Waals surface area contributed by atoms with Crippen LogP contribution in [0.4, 0.5) is 74.6 Å². The van der Waals surface area contributed by atoms with Gasteiger partial charge in [0.05, 0.1) is 0 Å². The maximum atomic E-state index is 13.0. The van der Waals surface area contributed by atoms with Crippen LogP contribution in [0.3, 0.4) is 0 Å². The van der Waals surface area contributed by atoms with Crippen molar-refractivity contribution < 1.29 is 112 Å². The summed E-state index contributed by atoms with van der Waals surface area (Å²) in [5.41, 5.74) is 0. The van der Waals surface area contributed by atoms with Gasteiger partial charge in [0.25, 0.3) is 5.92 Å². The molecule has 0 saturated heterocycles. The van der Waals surface area contributed by atoms with Crippen molar-refractivity contribution in [1.29, 1.82) is 0 Å². The largest absolute Gasteiger partial charge is 0.460 e. The van der Waals surface area contributed by atoms with Crippen LogP contribution in [0.1, 0.15) is 27.2 Å². The van der Waals surface area contributed by atoms with Crippen molar-refractivity contribution in [3.8, 4) is 0 Å². The molecule has 0 aliphatic heterocycles. The van der Waals surface area contributed by atoms with Crippen LogP contribution in [0.5, 0.6) is 0 Å². The zero-order chi connectivity index (χ0) is 30.8. The van der Waals surface area contributed by atoms with Crippen molar-refractivity contribution in [3.05, 3.63) is 6.92 Å². The summed E-state index contributed by atoms with van der Waals surface area (Å²) in [6, 6.07) is 0. The number of hydrogen-bond acceptors (Lipinski definition) is 3. The summed E-state index contributed by atoms with van der Waals surface area (Å²) >= 11 is 0. The fourth-order valence-electron chi connectivity index (χ4n) is 1.35. The second-order valence-corrected chi connectivity index (χ2v) is 5.85. The van der Waals surface area contributed by atoms with Crippen LogP contribution in [0.15, 0.2) is 0 Å². The first-order chi connectivity index (χ1) is 15.6. The number of halogens is 17. The number of alkyl halides is 17. The molecule has 0 unspecified atom stereocenters.